The molecule has 1 N–H and O–H groups in total. The van der Waals surface area contributed by atoms with Gasteiger partial charge >= 0.3 is 0 Å². The second kappa shape index (κ2) is 5.25. The van der Waals surface area contributed by atoms with Crippen LogP contribution in [0.4, 0.5) is 0 Å². The van der Waals surface area contributed by atoms with E-state index in [4.69, 9.17) is 4.74 Å². The Kier molecular flexibility index (Phi) is 3.40. The molecular formula is C15H14N2O5. The summed E-state index contributed by atoms with van der Waals surface area (Å²) in [5, 5.41) is 2.25. The van der Waals surface area contributed by atoms with Gasteiger partial charge in [-0.2, -0.15) is 0 Å². The molecule has 1 unspecified atom stereocenters. The fourth-order valence-electron chi connectivity index (χ4n) is 2.90. The monoisotopic (exact) mass is 302 g/mol. The van der Waals surface area contributed by atoms with Crippen LogP contribution in [-0.4, -0.2) is 42.1 Å². The van der Waals surface area contributed by atoms with Crippen LogP contribution in [0.1, 0.15) is 39.1 Å². The van der Waals surface area contributed by atoms with Crippen molar-refractivity contribution < 1.29 is 23.9 Å². The van der Waals surface area contributed by atoms with Crippen molar-refractivity contribution in [1.29, 1.82) is 0 Å². The summed E-state index contributed by atoms with van der Waals surface area (Å²) in [6, 6.07) is 2.38. The van der Waals surface area contributed by atoms with Gasteiger partial charge in [0, 0.05) is 23.1 Å². The van der Waals surface area contributed by atoms with E-state index in [1.807, 2.05) is 0 Å². The summed E-state index contributed by atoms with van der Waals surface area (Å²) < 4.78 is 5.23. The van der Waals surface area contributed by atoms with Crippen LogP contribution >= 0.6 is 0 Å². The molecule has 2 aliphatic rings. The number of rotatable bonds is 3. The molecule has 2 heterocycles. The number of nitrogens with zero attached hydrogens (tertiary/aromatic N) is 1. The lowest BCUT2D eigenvalue weighted by molar-refractivity contribution is -0.136. The number of methoxy groups -OCH3 is 1. The maximum Gasteiger partial charge on any atom is 0.255 e. The first kappa shape index (κ1) is 14.2. The fraction of sp³-hybridized carbons (Fsp3) is 0.333. The van der Waals surface area contributed by atoms with E-state index < -0.39 is 11.9 Å². The number of benzene rings is 1. The number of amides is 3. The van der Waals surface area contributed by atoms with E-state index in [0.717, 1.165) is 0 Å². The van der Waals surface area contributed by atoms with Crippen LogP contribution in [0.3, 0.4) is 0 Å². The predicted molar refractivity (Wildman–Crippen MR) is 74.4 cm³/mol. The third-order valence-electron chi connectivity index (χ3n) is 3.99. The Morgan fingerprint density at radius 2 is 2.09 bits per heavy atom. The van der Waals surface area contributed by atoms with Gasteiger partial charge in [0.25, 0.3) is 5.91 Å². The van der Waals surface area contributed by atoms with Crippen LogP contribution in [0.5, 0.6) is 5.75 Å². The van der Waals surface area contributed by atoms with Crippen LogP contribution in [0.15, 0.2) is 12.1 Å². The van der Waals surface area contributed by atoms with Gasteiger partial charge in [-0.25, -0.2) is 0 Å². The van der Waals surface area contributed by atoms with E-state index in [9.17, 15) is 19.2 Å². The maximum atomic E-state index is 12.5. The van der Waals surface area contributed by atoms with Gasteiger partial charge in [-0.3, -0.25) is 24.5 Å². The Morgan fingerprint density at radius 1 is 1.32 bits per heavy atom. The lowest BCUT2D eigenvalue weighted by Crippen LogP contribution is -2.52. The zero-order valence-corrected chi connectivity index (χ0v) is 11.9. The van der Waals surface area contributed by atoms with Crippen molar-refractivity contribution in [2.24, 2.45) is 0 Å². The minimum atomic E-state index is -0.679. The molecule has 0 spiro atoms. The number of nitrogens with one attached hydrogen (secondary N) is 1. The van der Waals surface area contributed by atoms with Crippen LogP contribution in [0, 0.1) is 0 Å². The van der Waals surface area contributed by atoms with Crippen molar-refractivity contribution in [2.75, 3.05) is 7.11 Å². The molecule has 114 valence electrons. The lowest BCUT2D eigenvalue weighted by atomic mass is 10.0. The van der Waals surface area contributed by atoms with E-state index in [1.165, 1.54) is 18.1 Å². The Bertz CT molecular complexity index is 697. The molecule has 0 radical (unpaired) electrons. The SMILES string of the molecule is COc1cc(C=O)cc2c1CN(C1CCC(=O)NC1=O)C2=O. The normalized spacial score (nSPS) is 20.7. The number of carbonyl (C=O) groups is 4. The number of fused-ring (bicyclic) bond motifs is 1. The first-order valence-corrected chi connectivity index (χ1v) is 6.86. The first-order valence-electron chi connectivity index (χ1n) is 6.86. The molecule has 0 aliphatic carbocycles. The standard InChI is InChI=1S/C15H14N2O5/c1-22-12-5-8(7-18)4-9-10(12)6-17(15(9)21)11-2-3-13(19)16-14(11)20/h4-5,7,11H,2-3,6H2,1H3,(H,16,19,20). The molecule has 0 aromatic heterocycles. The highest BCUT2D eigenvalue weighted by atomic mass is 16.5. The maximum absolute atomic E-state index is 12.5. The van der Waals surface area contributed by atoms with Crippen LogP contribution in [0.25, 0.3) is 0 Å². The zero-order chi connectivity index (χ0) is 15.9. The number of piperidine rings is 1. The van der Waals surface area contributed by atoms with E-state index in [-0.39, 0.29) is 24.8 Å². The number of hydrogen-bond donors (Lipinski definition) is 1. The van der Waals surface area contributed by atoms with E-state index in [2.05, 4.69) is 5.32 Å². The average Bonchev–Trinajstić information content (AvgIpc) is 2.83. The first-order chi connectivity index (χ1) is 10.5. The number of aldehydes is 1. The molecule has 22 heavy (non-hydrogen) atoms. The summed E-state index contributed by atoms with van der Waals surface area (Å²) in [4.78, 5) is 48.1. The van der Waals surface area contributed by atoms with Gasteiger partial charge in [-0.15, -0.1) is 0 Å². The van der Waals surface area contributed by atoms with Crippen LogP contribution in [-0.2, 0) is 16.1 Å². The number of hydrogen-bond acceptors (Lipinski definition) is 5. The van der Waals surface area contributed by atoms with E-state index >= 15 is 0 Å². The van der Waals surface area contributed by atoms with Gasteiger partial charge in [0.2, 0.25) is 11.8 Å². The number of imide groups is 1. The Hall–Kier alpha value is -2.70. The molecular weight excluding hydrogens is 288 g/mol. The summed E-state index contributed by atoms with van der Waals surface area (Å²) in [6.45, 7) is 0.225. The summed E-state index contributed by atoms with van der Waals surface area (Å²) in [5.41, 5.74) is 1.36. The minimum Gasteiger partial charge on any atom is -0.496 e. The summed E-state index contributed by atoms with van der Waals surface area (Å²) in [6.07, 6.45) is 1.14. The van der Waals surface area contributed by atoms with E-state index in [0.29, 0.717) is 35.1 Å². The molecule has 7 nitrogen and oxygen atoms in total. The fourth-order valence-corrected chi connectivity index (χ4v) is 2.90. The highest BCUT2D eigenvalue weighted by molar-refractivity contribution is 6.06. The second-order valence-corrected chi connectivity index (χ2v) is 5.27. The van der Waals surface area contributed by atoms with Gasteiger partial charge in [0.05, 0.1) is 13.7 Å². The zero-order valence-electron chi connectivity index (χ0n) is 11.9. The van der Waals surface area contributed by atoms with Crippen LogP contribution in [0.2, 0.25) is 0 Å². The van der Waals surface area contributed by atoms with Gasteiger partial charge in [0.1, 0.15) is 18.1 Å². The van der Waals surface area contributed by atoms with Crippen molar-refractivity contribution in [3.05, 3.63) is 28.8 Å². The van der Waals surface area contributed by atoms with Crippen molar-refractivity contribution in [3.8, 4) is 5.75 Å². The molecule has 1 aromatic carbocycles. The second-order valence-electron chi connectivity index (χ2n) is 5.27. The summed E-state index contributed by atoms with van der Waals surface area (Å²) >= 11 is 0. The highest BCUT2D eigenvalue weighted by Gasteiger charge is 2.40. The molecule has 0 saturated carbocycles. The quantitative estimate of drug-likeness (QED) is 0.639. The molecule has 2 aliphatic heterocycles. The smallest absolute Gasteiger partial charge is 0.255 e. The van der Waals surface area contributed by atoms with Gasteiger partial charge in [0.15, 0.2) is 0 Å². The topological polar surface area (TPSA) is 92.8 Å². The molecule has 3 rings (SSSR count). The number of carbonyl (C=O) groups excluding carboxylic acids is 4. The molecule has 1 aromatic rings. The Balaban J connectivity index is 1.95. The van der Waals surface area contributed by atoms with E-state index in [1.54, 1.807) is 6.07 Å². The number of ether oxygens (including phenoxy) is 1. The van der Waals surface area contributed by atoms with Gasteiger partial charge < -0.3 is 9.64 Å². The van der Waals surface area contributed by atoms with Crippen molar-refractivity contribution in [3.63, 3.8) is 0 Å². The summed E-state index contributed by atoms with van der Waals surface area (Å²) in [7, 11) is 1.46. The average molecular weight is 302 g/mol. The molecule has 7 heteroatoms. The van der Waals surface area contributed by atoms with Crippen molar-refractivity contribution in [1.82, 2.24) is 10.2 Å². The van der Waals surface area contributed by atoms with Crippen LogP contribution < -0.4 is 10.1 Å². The minimum absolute atomic E-state index is 0.202. The predicted octanol–water partition coefficient (Wildman–Crippen LogP) is 0.269. The molecule has 0 bridgehead atoms. The highest BCUT2D eigenvalue weighted by Crippen LogP contribution is 2.34. The lowest BCUT2D eigenvalue weighted by Gasteiger charge is -2.29. The third-order valence-corrected chi connectivity index (χ3v) is 3.99. The Labute approximate surface area is 126 Å². The largest absolute Gasteiger partial charge is 0.496 e. The summed E-state index contributed by atoms with van der Waals surface area (Å²) in [5.74, 6) is -0.674. The molecule has 1 saturated heterocycles. The van der Waals surface area contributed by atoms with Crippen molar-refractivity contribution in [2.45, 2.75) is 25.4 Å². The Morgan fingerprint density at radius 3 is 2.73 bits per heavy atom. The molecule has 3 amide bonds. The third kappa shape index (κ3) is 2.14. The van der Waals surface area contributed by atoms with Gasteiger partial charge in [-0.1, -0.05) is 0 Å². The molecule has 1 atom stereocenters. The van der Waals surface area contributed by atoms with Crippen molar-refractivity contribution >= 4 is 24.0 Å². The molecule has 1 fully saturated rings. The van der Waals surface area contributed by atoms with Gasteiger partial charge in [-0.05, 0) is 18.6 Å².